The minimum absolute atomic E-state index is 0.345. The van der Waals surface area contributed by atoms with Crippen LogP contribution in [0.25, 0.3) is 17.1 Å². The highest BCUT2D eigenvalue weighted by Gasteiger charge is 2.15. The highest BCUT2D eigenvalue weighted by molar-refractivity contribution is 5.68. The normalized spacial score (nSPS) is 10.7. The van der Waals surface area contributed by atoms with Crippen molar-refractivity contribution in [2.24, 2.45) is 0 Å². The smallest absolute Gasteiger partial charge is 0.341 e. The molecule has 0 spiro atoms. The number of rotatable bonds is 8. The van der Waals surface area contributed by atoms with Gasteiger partial charge in [0.1, 0.15) is 11.6 Å². The topological polar surface area (TPSA) is 77.2 Å². The van der Waals surface area contributed by atoms with Gasteiger partial charge in [-0.25, -0.2) is 4.79 Å². The van der Waals surface area contributed by atoms with Crippen LogP contribution >= 0.6 is 0 Å². The fourth-order valence-electron chi connectivity index (χ4n) is 3.25. The van der Waals surface area contributed by atoms with Crippen molar-refractivity contribution in [3.8, 4) is 22.8 Å². The van der Waals surface area contributed by atoms with Gasteiger partial charge in [-0.05, 0) is 36.2 Å². The van der Waals surface area contributed by atoms with Crippen molar-refractivity contribution in [1.82, 2.24) is 14.8 Å². The van der Waals surface area contributed by atoms with Gasteiger partial charge in [-0.15, -0.1) is 10.2 Å². The maximum Gasteiger partial charge on any atom is 0.341 e. The molecular weight excluding hydrogens is 378 g/mol. The summed E-state index contributed by atoms with van der Waals surface area (Å²) in [5.74, 6) is 1.24. The lowest BCUT2D eigenvalue weighted by Crippen LogP contribution is -2.09. The number of para-hydroxylation sites is 1. The lowest BCUT2D eigenvalue weighted by Gasteiger charge is -2.11. The Kier molecular flexibility index (Phi) is 5.85. The minimum atomic E-state index is -0.992. The Morgan fingerprint density at radius 3 is 2.17 bits per heavy atom. The number of ether oxygens (including phenoxy) is 1. The predicted molar refractivity (Wildman–Crippen MR) is 114 cm³/mol. The number of nitrogens with zero attached hydrogens (tertiary/aromatic N) is 3. The Hall–Kier alpha value is -3.93. The minimum Gasteiger partial charge on any atom is -0.482 e. The van der Waals surface area contributed by atoms with Gasteiger partial charge in [0.25, 0.3) is 0 Å². The summed E-state index contributed by atoms with van der Waals surface area (Å²) in [6.07, 6.45) is 1.49. The average Bonchev–Trinajstić information content (AvgIpc) is 3.22. The number of hydrogen-bond donors (Lipinski definition) is 1. The van der Waals surface area contributed by atoms with Crippen LogP contribution in [0.4, 0.5) is 0 Å². The first-order valence-corrected chi connectivity index (χ1v) is 9.69. The first-order valence-electron chi connectivity index (χ1n) is 9.69. The zero-order valence-corrected chi connectivity index (χ0v) is 16.3. The molecule has 0 saturated carbocycles. The van der Waals surface area contributed by atoms with Crippen molar-refractivity contribution >= 4 is 5.97 Å². The van der Waals surface area contributed by atoms with Crippen LogP contribution in [-0.2, 0) is 17.6 Å². The van der Waals surface area contributed by atoms with E-state index < -0.39 is 5.97 Å². The SMILES string of the molecule is O=C(O)COc1ccc(CCc2nnc(-c3ccccc3)n2-c2ccccc2)cc1. The summed E-state index contributed by atoms with van der Waals surface area (Å²) in [6.45, 7) is -0.345. The van der Waals surface area contributed by atoms with Gasteiger partial charge < -0.3 is 9.84 Å². The summed E-state index contributed by atoms with van der Waals surface area (Å²) in [7, 11) is 0. The van der Waals surface area contributed by atoms with E-state index in [2.05, 4.69) is 14.8 Å². The standard InChI is InChI=1S/C24H21N3O3/c28-23(29)17-30-21-14-11-18(12-15-21)13-16-22-25-26-24(19-7-3-1-4-8-19)27(22)20-9-5-2-6-10-20/h1-12,14-15H,13,16-17H2,(H,28,29). The Balaban J connectivity index is 1.56. The van der Waals surface area contributed by atoms with E-state index in [-0.39, 0.29) is 6.61 Å². The van der Waals surface area contributed by atoms with E-state index in [0.717, 1.165) is 34.9 Å². The number of carboxylic acids is 1. The van der Waals surface area contributed by atoms with Gasteiger partial charge in [0, 0.05) is 17.7 Å². The number of hydrogen-bond acceptors (Lipinski definition) is 4. The third-order valence-corrected chi connectivity index (χ3v) is 4.70. The van der Waals surface area contributed by atoms with Crippen LogP contribution in [0, 0.1) is 0 Å². The lowest BCUT2D eigenvalue weighted by atomic mass is 10.1. The van der Waals surface area contributed by atoms with Gasteiger partial charge in [-0.1, -0.05) is 60.7 Å². The first kappa shape index (κ1) is 19.4. The Morgan fingerprint density at radius 2 is 1.50 bits per heavy atom. The van der Waals surface area contributed by atoms with E-state index in [9.17, 15) is 4.79 Å². The molecule has 0 amide bonds. The molecule has 4 rings (SSSR count). The van der Waals surface area contributed by atoms with Crippen LogP contribution in [0.3, 0.4) is 0 Å². The highest BCUT2D eigenvalue weighted by Crippen LogP contribution is 2.23. The van der Waals surface area contributed by atoms with Crippen molar-refractivity contribution in [2.45, 2.75) is 12.8 Å². The largest absolute Gasteiger partial charge is 0.482 e. The van der Waals surface area contributed by atoms with Gasteiger partial charge in [-0.2, -0.15) is 0 Å². The highest BCUT2D eigenvalue weighted by atomic mass is 16.5. The molecule has 0 aliphatic heterocycles. The Morgan fingerprint density at radius 1 is 0.833 bits per heavy atom. The molecule has 0 radical (unpaired) electrons. The molecule has 0 fully saturated rings. The van der Waals surface area contributed by atoms with Crippen molar-refractivity contribution in [3.05, 3.63) is 96.3 Å². The second-order valence-corrected chi connectivity index (χ2v) is 6.80. The molecule has 0 unspecified atom stereocenters. The van der Waals surface area contributed by atoms with E-state index in [1.54, 1.807) is 12.1 Å². The molecule has 0 aliphatic rings. The zero-order valence-electron chi connectivity index (χ0n) is 16.3. The zero-order chi connectivity index (χ0) is 20.8. The Bertz CT molecular complexity index is 1110. The Labute approximate surface area is 174 Å². The van der Waals surface area contributed by atoms with Gasteiger partial charge in [-0.3, -0.25) is 4.57 Å². The number of aryl methyl sites for hydroxylation is 2. The van der Waals surface area contributed by atoms with Crippen molar-refractivity contribution in [2.75, 3.05) is 6.61 Å². The van der Waals surface area contributed by atoms with Gasteiger partial charge in [0.15, 0.2) is 12.4 Å². The molecule has 4 aromatic rings. The fourth-order valence-corrected chi connectivity index (χ4v) is 3.25. The molecular formula is C24H21N3O3. The van der Waals surface area contributed by atoms with Crippen LogP contribution in [-0.4, -0.2) is 32.4 Å². The summed E-state index contributed by atoms with van der Waals surface area (Å²) < 4.78 is 7.29. The molecule has 0 atom stereocenters. The van der Waals surface area contributed by atoms with E-state index in [1.807, 2.05) is 72.8 Å². The summed E-state index contributed by atoms with van der Waals surface area (Å²) in [5.41, 5.74) is 3.15. The van der Waals surface area contributed by atoms with E-state index in [4.69, 9.17) is 9.84 Å². The van der Waals surface area contributed by atoms with Crippen LogP contribution in [0.15, 0.2) is 84.9 Å². The molecule has 30 heavy (non-hydrogen) atoms. The molecule has 1 aromatic heterocycles. The molecule has 3 aromatic carbocycles. The maximum atomic E-state index is 10.6. The second kappa shape index (κ2) is 9.05. The third-order valence-electron chi connectivity index (χ3n) is 4.70. The van der Waals surface area contributed by atoms with Gasteiger partial charge in [0.2, 0.25) is 0 Å². The monoisotopic (exact) mass is 399 g/mol. The number of aliphatic carboxylic acids is 1. The molecule has 6 heteroatoms. The number of benzene rings is 3. The fraction of sp³-hybridized carbons (Fsp3) is 0.125. The molecule has 150 valence electrons. The van der Waals surface area contributed by atoms with Crippen LogP contribution in [0.5, 0.6) is 5.75 Å². The number of carboxylic acid groups (broad SMARTS) is 1. The van der Waals surface area contributed by atoms with Crippen molar-refractivity contribution in [1.29, 1.82) is 0 Å². The van der Waals surface area contributed by atoms with Crippen LogP contribution in [0.1, 0.15) is 11.4 Å². The van der Waals surface area contributed by atoms with Crippen molar-refractivity contribution in [3.63, 3.8) is 0 Å². The molecule has 6 nitrogen and oxygen atoms in total. The van der Waals surface area contributed by atoms with E-state index >= 15 is 0 Å². The summed E-state index contributed by atoms with van der Waals surface area (Å²) in [6, 6.07) is 27.6. The third kappa shape index (κ3) is 4.55. The molecule has 0 saturated heterocycles. The maximum absolute atomic E-state index is 10.6. The molecule has 0 bridgehead atoms. The predicted octanol–water partition coefficient (Wildman–Crippen LogP) is 4.18. The molecule has 1 N–H and O–H groups in total. The van der Waals surface area contributed by atoms with Gasteiger partial charge >= 0.3 is 5.97 Å². The number of carbonyl (C=O) groups is 1. The molecule has 1 heterocycles. The van der Waals surface area contributed by atoms with E-state index in [1.165, 1.54) is 0 Å². The average molecular weight is 399 g/mol. The van der Waals surface area contributed by atoms with Crippen LogP contribution < -0.4 is 4.74 Å². The summed E-state index contributed by atoms with van der Waals surface area (Å²) in [4.78, 5) is 10.6. The lowest BCUT2D eigenvalue weighted by molar-refractivity contribution is -0.139. The molecule has 0 aliphatic carbocycles. The van der Waals surface area contributed by atoms with E-state index in [0.29, 0.717) is 12.2 Å². The number of aromatic nitrogens is 3. The first-order chi connectivity index (χ1) is 14.7. The van der Waals surface area contributed by atoms with Crippen LogP contribution in [0.2, 0.25) is 0 Å². The van der Waals surface area contributed by atoms with Gasteiger partial charge in [0.05, 0.1) is 0 Å². The summed E-state index contributed by atoms with van der Waals surface area (Å²) in [5, 5.41) is 17.6. The second-order valence-electron chi connectivity index (χ2n) is 6.80. The quantitative estimate of drug-likeness (QED) is 0.481. The summed E-state index contributed by atoms with van der Waals surface area (Å²) >= 11 is 0. The van der Waals surface area contributed by atoms with Crippen molar-refractivity contribution < 1.29 is 14.6 Å².